The van der Waals surface area contributed by atoms with Crippen LogP contribution in [0.5, 0.6) is 5.75 Å². The molecule has 0 spiro atoms. The molecule has 7 nitrogen and oxygen atoms in total. The van der Waals surface area contributed by atoms with Crippen molar-refractivity contribution in [1.82, 2.24) is 19.7 Å². The SMILES string of the molecule is CCC(CC)N(C)C(=O)OCc1c(-c2ccc(OC3CCCCC3)c(C)n2)cnn1C. The standard InChI is InChI=1S/C24H36N4O3/c1-6-18(7-2)27(4)24(29)30-16-22-20(15-25-28(22)5)21-13-14-23(17(3)26-21)31-19-11-9-8-10-12-19/h13-15,18-19H,6-12,16H2,1-5H3. The van der Waals surface area contributed by atoms with Gasteiger partial charge in [-0.05, 0) is 57.6 Å². The zero-order valence-electron chi connectivity index (χ0n) is 19.6. The first-order chi connectivity index (χ1) is 14.9. The molecule has 0 saturated heterocycles. The van der Waals surface area contributed by atoms with Gasteiger partial charge in [-0.3, -0.25) is 4.68 Å². The van der Waals surface area contributed by atoms with Crippen LogP contribution >= 0.6 is 0 Å². The van der Waals surface area contributed by atoms with Crippen LogP contribution in [0.3, 0.4) is 0 Å². The normalized spacial score (nSPS) is 14.6. The molecule has 0 unspecified atom stereocenters. The molecule has 0 bridgehead atoms. The van der Waals surface area contributed by atoms with Gasteiger partial charge < -0.3 is 14.4 Å². The van der Waals surface area contributed by atoms with Crippen LogP contribution < -0.4 is 4.74 Å². The first-order valence-electron chi connectivity index (χ1n) is 11.5. The summed E-state index contributed by atoms with van der Waals surface area (Å²) in [5, 5.41) is 4.37. The first-order valence-corrected chi connectivity index (χ1v) is 11.5. The van der Waals surface area contributed by atoms with Crippen LogP contribution in [-0.4, -0.2) is 45.0 Å². The van der Waals surface area contributed by atoms with Gasteiger partial charge in [-0.1, -0.05) is 20.3 Å². The summed E-state index contributed by atoms with van der Waals surface area (Å²) in [5.41, 5.74) is 3.36. The Morgan fingerprint density at radius 1 is 1.23 bits per heavy atom. The summed E-state index contributed by atoms with van der Waals surface area (Å²) in [4.78, 5) is 18.9. The molecule has 0 aliphatic heterocycles. The van der Waals surface area contributed by atoms with Crippen molar-refractivity contribution < 1.29 is 14.3 Å². The number of rotatable bonds is 8. The van der Waals surface area contributed by atoms with Gasteiger partial charge in [0.25, 0.3) is 0 Å². The van der Waals surface area contributed by atoms with E-state index in [9.17, 15) is 4.79 Å². The fraction of sp³-hybridized carbons (Fsp3) is 0.625. The van der Waals surface area contributed by atoms with Crippen molar-refractivity contribution >= 4 is 6.09 Å². The summed E-state index contributed by atoms with van der Waals surface area (Å²) >= 11 is 0. The lowest BCUT2D eigenvalue weighted by molar-refractivity contribution is 0.0875. The Labute approximate surface area is 185 Å². The highest BCUT2D eigenvalue weighted by Gasteiger charge is 2.21. The van der Waals surface area contributed by atoms with Gasteiger partial charge in [0, 0.05) is 25.7 Å². The number of pyridine rings is 1. The Bertz CT molecular complexity index is 870. The minimum Gasteiger partial charge on any atom is -0.489 e. The van der Waals surface area contributed by atoms with E-state index < -0.39 is 0 Å². The fourth-order valence-corrected chi connectivity index (χ4v) is 4.25. The second-order valence-corrected chi connectivity index (χ2v) is 8.42. The number of carbonyl (C=O) groups excluding carboxylic acids is 1. The van der Waals surface area contributed by atoms with Crippen LogP contribution in [0.4, 0.5) is 4.79 Å². The summed E-state index contributed by atoms with van der Waals surface area (Å²) in [6, 6.07) is 4.14. The number of carbonyl (C=O) groups is 1. The minimum absolute atomic E-state index is 0.149. The number of nitrogens with zero attached hydrogens (tertiary/aromatic N) is 4. The van der Waals surface area contributed by atoms with Crippen molar-refractivity contribution in [3.63, 3.8) is 0 Å². The molecule has 31 heavy (non-hydrogen) atoms. The molecule has 0 radical (unpaired) electrons. The molecule has 1 aliphatic carbocycles. The van der Waals surface area contributed by atoms with Crippen molar-refractivity contribution in [1.29, 1.82) is 0 Å². The van der Waals surface area contributed by atoms with Gasteiger partial charge in [-0.15, -0.1) is 0 Å². The third-order valence-electron chi connectivity index (χ3n) is 6.33. The second-order valence-electron chi connectivity index (χ2n) is 8.42. The van der Waals surface area contributed by atoms with Gasteiger partial charge in [0.15, 0.2) is 0 Å². The quantitative estimate of drug-likeness (QED) is 0.574. The number of aromatic nitrogens is 3. The monoisotopic (exact) mass is 428 g/mol. The van der Waals surface area contributed by atoms with E-state index in [2.05, 4.69) is 18.9 Å². The largest absolute Gasteiger partial charge is 0.489 e. The van der Waals surface area contributed by atoms with E-state index in [1.807, 2.05) is 26.1 Å². The van der Waals surface area contributed by atoms with Crippen molar-refractivity contribution in [2.24, 2.45) is 7.05 Å². The highest BCUT2D eigenvalue weighted by atomic mass is 16.6. The van der Waals surface area contributed by atoms with Crippen LogP contribution in [0.25, 0.3) is 11.3 Å². The molecule has 0 N–H and O–H groups in total. The summed E-state index contributed by atoms with van der Waals surface area (Å²) in [6.45, 7) is 6.28. The molecule has 1 saturated carbocycles. The Balaban J connectivity index is 1.71. The zero-order valence-corrected chi connectivity index (χ0v) is 19.6. The maximum Gasteiger partial charge on any atom is 0.410 e. The average Bonchev–Trinajstić information content (AvgIpc) is 3.15. The number of hydrogen-bond donors (Lipinski definition) is 0. The van der Waals surface area contributed by atoms with Crippen LogP contribution in [0, 0.1) is 6.92 Å². The van der Waals surface area contributed by atoms with Crippen LogP contribution in [-0.2, 0) is 18.4 Å². The molecule has 1 aliphatic rings. The van der Waals surface area contributed by atoms with Gasteiger partial charge in [-0.2, -0.15) is 5.10 Å². The summed E-state index contributed by atoms with van der Waals surface area (Å²) < 4.78 is 13.5. The van der Waals surface area contributed by atoms with Crippen molar-refractivity contribution in [2.45, 2.75) is 84.5 Å². The minimum atomic E-state index is -0.318. The Hall–Kier alpha value is -2.57. The highest BCUT2D eigenvalue weighted by Crippen LogP contribution is 2.29. The van der Waals surface area contributed by atoms with Gasteiger partial charge in [0.1, 0.15) is 12.4 Å². The van der Waals surface area contributed by atoms with E-state index in [4.69, 9.17) is 14.5 Å². The third-order valence-corrected chi connectivity index (χ3v) is 6.33. The second kappa shape index (κ2) is 10.6. The van der Waals surface area contributed by atoms with E-state index in [1.165, 1.54) is 19.3 Å². The highest BCUT2D eigenvalue weighted by molar-refractivity contribution is 5.68. The molecule has 2 aromatic heterocycles. The molecular weight excluding hydrogens is 392 g/mol. The van der Waals surface area contributed by atoms with Gasteiger partial charge in [0.05, 0.1) is 29.4 Å². The predicted octanol–water partition coefficient (Wildman–Crippen LogP) is 5.26. The summed E-state index contributed by atoms with van der Waals surface area (Å²) in [5.74, 6) is 0.847. The summed E-state index contributed by atoms with van der Waals surface area (Å²) in [6.07, 6.45) is 9.56. The molecule has 7 heteroatoms. The van der Waals surface area contributed by atoms with E-state index >= 15 is 0 Å². The molecular formula is C24H36N4O3. The van der Waals surface area contributed by atoms with Crippen molar-refractivity contribution in [2.75, 3.05) is 7.05 Å². The topological polar surface area (TPSA) is 69.5 Å². The number of aryl methyl sites for hydroxylation is 2. The molecule has 3 rings (SSSR count). The lowest BCUT2D eigenvalue weighted by Crippen LogP contribution is -2.36. The molecule has 1 amide bonds. The Morgan fingerprint density at radius 2 is 1.94 bits per heavy atom. The predicted molar refractivity (Wildman–Crippen MR) is 121 cm³/mol. The molecule has 2 aromatic rings. The summed E-state index contributed by atoms with van der Waals surface area (Å²) in [7, 11) is 3.64. The van der Waals surface area contributed by atoms with Crippen molar-refractivity contribution in [3.8, 4) is 17.0 Å². The van der Waals surface area contributed by atoms with Gasteiger partial charge >= 0.3 is 6.09 Å². The lowest BCUT2D eigenvalue weighted by atomic mass is 9.98. The van der Waals surface area contributed by atoms with Crippen LogP contribution in [0.2, 0.25) is 0 Å². The molecule has 0 atom stereocenters. The fourth-order valence-electron chi connectivity index (χ4n) is 4.25. The smallest absolute Gasteiger partial charge is 0.410 e. The van der Waals surface area contributed by atoms with E-state index in [-0.39, 0.29) is 18.7 Å². The average molecular weight is 429 g/mol. The molecule has 1 fully saturated rings. The van der Waals surface area contributed by atoms with Crippen LogP contribution in [0.15, 0.2) is 18.3 Å². The number of ether oxygens (including phenoxy) is 2. The van der Waals surface area contributed by atoms with Crippen LogP contribution in [0.1, 0.15) is 70.2 Å². The van der Waals surface area contributed by atoms with Gasteiger partial charge in [0.2, 0.25) is 0 Å². The molecule has 0 aromatic carbocycles. The Morgan fingerprint density at radius 3 is 2.58 bits per heavy atom. The van der Waals surface area contributed by atoms with E-state index in [1.54, 1.807) is 22.8 Å². The maximum absolute atomic E-state index is 12.5. The first kappa shape index (κ1) is 23.1. The van der Waals surface area contributed by atoms with Crippen molar-refractivity contribution in [3.05, 3.63) is 29.7 Å². The number of amides is 1. The number of hydrogen-bond acceptors (Lipinski definition) is 5. The van der Waals surface area contributed by atoms with E-state index in [0.29, 0.717) is 6.10 Å². The molecule has 2 heterocycles. The third kappa shape index (κ3) is 5.57. The zero-order chi connectivity index (χ0) is 22.4. The van der Waals surface area contributed by atoms with E-state index in [0.717, 1.165) is 54.1 Å². The van der Waals surface area contributed by atoms with Gasteiger partial charge in [-0.25, -0.2) is 9.78 Å². The molecule has 170 valence electrons. The lowest BCUT2D eigenvalue weighted by Gasteiger charge is -2.25. The maximum atomic E-state index is 12.5. The Kier molecular flexibility index (Phi) is 7.93.